The summed E-state index contributed by atoms with van der Waals surface area (Å²) in [5, 5.41) is 6.94. The maximum atomic E-state index is 14.1. The quantitative estimate of drug-likeness (QED) is 0.365. The number of anilines is 2. The zero-order chi connectivity index (χ0) is 25.1. The molecule has 0 saturated heterocycles. The topological polar surface area (TPSA) is 132 Å². The van der Waals surface area contributed by atoms with Crippen LogP contribution >= 0.6 is 11.3 Å². The van der Waals surface area contributed by atoms with Crippen molar-refractivity contribution in [2.75, 3.05) is 17.2 Å². The molecule has 0 saturated carbocycles. The van der Waals surface area contributed by atoms with Gasteiger partial charge in [-0.15, -0.1) is 11.3 Å². The zero-order valence-corrected chi connectivity index (χ0v) is 20.9. The number of hydrogen-bond acceptors (Lipinski definition) is 7. The molecule has 0 atom stereocenters. The molecule has 0 aliphatic heterocycles. The van der Waals surface area contributed by atoms with E-state index in [1.54, 1.807) is 16.9 Å². The molecule has 3 N–H and O–H groups in total. The summed E-state index contributed by atoms with van der Waals surface area (Å²) < 4.78 is 3.06. The molecule has 0 aliphatic carbocycles. The summed E-state index contributed by atoms with van der Waals surface area (Å²) in [4.78, 5) is 48.8. The number of hydrogen-bond donors (Lipinski definition) is 2. The summed E-state index contributed by atoms with van der Waals surface area (Å²) >= 11 is 1.52. The minimum Gasteiger partial charge on any atom is -0.383 e. The summed E-state index contributed by atoms with van der Waals surface area (Å²) in [7, 11) is 0. The Kier molecular flexibility index (Phi) is 7.15. The Morgan fingerprint density at radius 1 is 1.23 bits per heavy atom. The lowest BCUT2D eigenvalue weighted by molar-refractivity contribution is 0.0988. The third kappa shape index (κ3) is 4.51. The summed E-state index contributed by atoms with van der Waals surface area (Å²) in [6.45, 7) is 7.05. The largest absolute Gasteiger partial charge is 0.383 e. The number of H-pyrrole nitrogens is 1. The van der Waals surface area contributed by atoms with Crippen molar-refractivity contribution < 1.29 is 4.79 Å². The SMILES string of the molecule is CCCCn1c(N)c(N(CCC)C(=O)c2cc(-c3cccs3)nc3c2cnn3CC)c(=O)[nH]c1=O. The molecule has 184 valence electrons. The minimum atomic E-state index is -0.685. The fourth-order valence-corrected chi connectivity index (χ4v) is 4.75. The number of nitrogens with one attached hydrogen (secondary N) is 1. The number of rotatable bonds is 9. The lowest BCUT2D eigenvalue weighted by atomic mass is 10.1. The van der Waals surface area contributed by atoms with Gasteiger partial charge in [-0.1, -0.05) is 26.3 Å². The Morgan fingerprint density at radius 2 is 2.03 bits per heavy atom. The summed E-state index contributed by atoms with van der Waals surface area (Å²) in [6.07, 6.45) is 3.76. The number of aryl methyl sites for hydroxylation is 1. The van der Waals surface area contributed by atoms with E-state index >= 15 is 0 Å². The molecule has 0 bridgehead atoms. The molecule has 4 heterocycles. The number of aromatic nitrogens is 5. The van der Waals surface area contributed by atoms with Crippen LogP contribution < -0.4 is 21.9 Å². The van der Waals surface area contributed by atoms with Crippen molar-refractivity contribution in [2.24, 2.45) is 0 Å². The fourth-order valence-electron chi connectivity index (χ4n) is 4.07. The van der Waals surface area contributed by atoms with Gasteiger partial charge < -0.3 is 10.6 Å². The molecule has 35 heavy (non-hydrogen) atoms. The highest BCUT2D eigenvalue weighted by Crippen LogP contribution is 2.30. The van der Waals surface area contributed by atoms with Crippen LogP contribution in [0.5, 0.6) is 0 Å². The maximum Gasteiger partial charge on any atom is 0.330 e. The van der Waals surface area contributed by atoms with Crippen molar-refractivity contribution in [1.29, 1.82) is 0 Å². The van der Waals surface area contributed by atoms with Gasteiger partial charge in [0.05, 0.1) is 27.7 Å². The standard InChI is InChI=1S/C24H29N7O3S/c1-4-7-11-30-20(25)19(22(32)28-24(30)34)29(10-5-2)23(33)15-13-17(18-9-8-12-35-18)27-21-16(15)14-26-31(21)6-3/h8-9,12-14H,4-7,10-11,25H2,1-3H3,(H,28,32,34). The third-order valence-electron chi connectivity index (χ3n) is 5.82. The number of unbranched alkanes of at least 4 members (excludes halogenated alkanes) is 1. The molecule has 4 aromatic heterocycles. The number of carbonyl (C=O) groups is 1. The van der Waals surface area contributed by atoms with E-state index < -0.39 is 17.2 Å². The molecule has 1 amide bonds. The van der Waals surface area contributed by atoms with E-state index in [0.717, 1.165) is 11.3 Å². The van der Waals surface area contributed by atoms with Crippen molar-refractivity contribution in [3.63, 3.8) is 0 Å². The Morgan fingerprint density at radius 3 is 2.69 bits per heavy atom. The second-order valence-corrected chi connectivity index (χ2v) is 9.13. The number of nitrogen functional groups attached to an aromatic ring is 1. The predicted octanol–water partition coefficient (Wildman–Crippen LogP) is 3.47. The van der Waals surface area contributed by atoms with Gasteiger partial charge in [0.1, 0.15) is 5.82 Å². The van der Waals surface area contributed by atoms with Crippen LogP contribution in [0.2, 0.25) is 0 Å². The average Bonchev–Trinajstić information content (AvgIpc) is 3.52. The van der Waals surface area contributed by atoms with Gasteiger partial charge >= 0.3 is 5.69 Å². The number of nitrogens with two attached hydrogens (primary N) is 1. The van der Waals surface area contributed by atoms with E-state index in [-0.39, 0.29) is 18.1 Å². The first-order valence-electron chi connectivity index (χ1n) is 11.8. The molecular formula is C24H29N7O3S. The molecular weight excluding hydrogens is 466 g/mol. The summed E-state index contributed by atoms with van der Waals surface area (Å²) in [6, 6.07) is 5.60. The van der Waals surface area contributed by atoms with E-state index in [9.17, 15) is 14.4 Å². The molecule has 0 unspecified atom stereocenters. The number of nitrogens with zero attached hydrogens (tertiary/aromatic N) is 5. The van der Waals surface area contributed by atoms with Crippen LogP contribution in [0.4, 0.5) is 11.5 Å². The van der Waals surface area contributed by atoms with Crippen molar-refractivity contribution in [3.05, 3.63) is 56.2 Å². The molecule has 0 aliphatic rings. The van der Waals surface area contributed by atoms with E-state index in [4.69, 9.17) is 10.7 Å². The van der Waals surface area contributed by atoms with Gasteiger partial charge in [-0.05, 0) is 37.3 Å². The van der Waals surface area contributed by atoms with Gasteiger partial charge in [-0.25, -0.2) is 14.5 Å². The van der Waals surface area contributed by atoms with Gasteiger partial charge in [0.25, 0.3) is 11.5 Å². The Bertz CT molecular complexity index is 1470. The average molecular weight is 496 g/mol. The van der Waals surface area contributed by atoms with Gasteiger partial charge in [-0.2, -0.15) is 5.10 Å². The Balaban J connectivity index is 1.92. The van der Waals surface area contributed by atoms with Crippen molar-refractivity contribution in [3.8, 4) is 10.6 Å². The number of pyridine rings is 1. The van der Waals surface area contributed by atoms with Crippen molar-refractivity contribution in [2.45, 2.75) is 53.1 Å². The zero-order valence-electron chi connectivity index (χ0n) is 20.1. The Labute approximate surface area is 206 Å². The van der Waals surface area contributed by atoms with Gasteiger partial charge in [-0.3, -0.25) is 19.1 Å². The highest BCUT2D eigenvalue weighted by atomic mass is 32.1. The molecule has 0 fully saturated rings. The second kappa shape index (κ2) is 10.3. The number of carbonyl (C=O) groups excluding carboxylic acids is 1. The summed E-state index contributed by atoms with van der Waals surface area (Å²) in [5.41, 5.74) is 6.67. The smallest absolute Gasteiger partial charge is 0.330 e. The first kappa shape index (κ1) is 24.4. The van der Waals surface area contributed by atoms with Crippen LogP contribution in [-0.2, 0) is 13.1 Å². The van der Waals surface area contributed by atoms with Crippen molar-refractivity contribution >= 4 is 39.8 Å². The summed E-state index contributed by atoms with van der Waals surface area (Å²) in [5.74, 6) is -0.410. The van der Waals surface area contributed by atoms with E-state index in [0.29, 0.717) is 48.2 Å². The van der Waals surface area contributed by atoms with Gasteiger partial charge in [0.15, 0.2) is 11.3 Å². The minimum absolute atomic E-state index is 0.0120. The normalized spacial score (nSPS) is 11.3. The van der Waals surface area contributed by atoms with Crippen LogP contribution in [0.25, 0.3) is 21.6 Å². The lowest BCUT2D eigenvalue weighted by Crippen LogP contribution is -2.41. The number of aromatic amines is 1. The monoisotopic (exact) mass is 495 g/mol. The van der Waals surface area contributed by atoms with Crippen molar-refractivity contribution in [1.82, 2.24) is 24.3 Å². The molecule has 11 heteroatoms. The molecule has 4 rings (SSSR count). The van der Waals surface area contributed by atoms with E-state index in [1.807, 2.05) is 38.3 Å². The number of fused-ring (bicyclic) bond motifs is 1. The maximum absolute atomic E-state index is 14.1. The van der Waals surface area contributed by atoms with Crippen LogP contribution in [0, 0.1) is 0 Å². The van der Waals surface area contributed by atoms with E-state index in [2.05, 4.69) is 10.1 Å². The highest BCUT2D eigenvalue weighted by molar-refractivity contribution is 7.13. The molecule has 0 radical (unpaired) electrons. The van der Waals surface area contributed by atoms with Crippen LogP contribution in [0.15, 0.2) is 39.4 Å². The highest BCUT2D eigenvalue weighted by Gasteiger charge is 2.27. The van der Waals surface area contributed by atoms with Crippen LogP contribution in [-0.4, -0.2) is 36.8 Å². The fraction of sp³-hybridized carbons (Fsp3) is 0.375. The first-order chi connectivity index (χ1) is 16.9. The third-order valence-corrected chi connectivity index (χ3v) is 6.72. The molecule has 4 aromatic rings. The van der Waals surface area contributed by atoms with Crippen LogP contribution in [0.1, 0.15) is 50.4 Å². The second-order valence-electron chi connectivity index (χ2n) is 8.19. The number of thiophene rings is 1. The number of amides is 1. The molecule has 10 nitrogen and oxygen atoms in total. The molecule has 0 aromatic carbocycles. The lowest BCUT2D eigenvalue weighted by Gasteiger charge is -2.24. The first-order valence-corrected chi connectivity index (χ1v) is 12.6. The Hall–Kier alpha value is -3.73. The predicted molar refractivity (Wildman–Crippen MR) is 139 cm³/mol. The van der Waals surface area contributed by atoms with Gasteiger partial charge in [0.2, 0.25) is 0 Å². The van der Waals surface area contributed by atoms with Crippen LogP contribution in [0.3, 0.4) is 0 Å². The van der Waals surface area contributed by atoms with Gasteiger partial charge in [0, 0.05) is 19.6 Å². The van der Waals surface area contributed by atoms with E-state index in [1.165, 1.54) is 20.8 Å². The molecule has 0 spiro atoms.